The van der Waals surface area contributed by atoms with Crippen LogP contribution in [-0.4, -0.2) is 20.3 Å². The Labute approximate surface area is 148 Å². The van der Waals surface area contributed by atoms with Crippen molar-refractivity contribution in [3.8, 4) is 6.07 Å². The molecule has 0 saturated heterocycles. The van der Waals surface area contributed by atoms with Gasteiger partial charge in [0.1, 0.15) is 6.61 Å². The van der Waals surface area contributed by atoms with Crippen molar-refractivity contribution < 1.29 is 17.9 Å². The van der Waals surface area contributed by atoms with Gasteiger partial charge < -0.3 is 4.74 Å². The van der Waals surface area contributed by atoms with E-state index in [4.69, 9.17) is 10.00 Å². The average molecular weight is 409 g/mol. The first kappa shape index (κ1) is 18.0. The molecule has 124 valence electrons. The molecular weight excluding hydrogens is 396 g/mol. The molecule has 2 aromatic carbocycles. The van der Waals surface area contributed by atoms with E-state index in [9.17, 15) is 13.2 Å². The molecule has 0 N–H and O–H groups in total. The number of hydrogen-bond acceptors (Lipinski definition) is 5. The summed E-state index contributed by atoms with van der Waals surface area (Å²) >= 11 is 3.24. The third kappa shape index (κ3) is 4.57. The number of sulfonamides is 1. The lowest BCUT2D eigenvalue weighted by atomic mass is 10.2. The molecule has 0 aliphatic carbocycles. The number of nitriles is 1. The van der Waals surface area contributed by atoms with Gasteiger partial charge in [0.2, 0.25) is 0 Å². The van der Waals surface area contributed by atoms with Gasteiger partial charge >= 0.3 is 6.09 Å². The Morgan fingerprint density at radius 3 is 2.33 bits per heavy atom. The van der Waals surface area contributed by atoms with Crippen LogP contribution in [0.15, 0.2) is 59.1 Å². The van der Waals surface area contributed by atoms with Crippen molar-refractivity contribution in [1.82, 2.24) is 0 Å². The first-order valence-electron chi connectivity index (χ1n) is 6.80. The standard InChI is InChI=1S/C16H13BrN2O4S/c17-14-6-8-15(9-7-14)19(24(21,22)11-10-18)16(20)23-12-13-4-2-1-3-5-13/h1-9H,11-12H2. The first-order valence-corrected chi connectivity index (χ1v) is 9.20. The highest BCUT2D eigenvalue weighted by Gasteiger charge is 2.30. The maximum absolute atomic E-state index is 12.3. The van der Waals surface area contributed by atoms with Gasteiger partial charge in [-0.3, -0.25) is 0 Å². The lowest BCUT2D eigenvalue weighted by molar-refractivity contribution is 0.151. The molecule has 0 fully saturated rings. The van der Waals surface area contributed by atoms with Gasteiger partial charge in [0.25, 0.3) is 10.0 Å². The third-order valence-corrected chi connectivity index (χ3v) is 4.90. The Bertz CT molecular complexity index is 846. The van der Waals surface area contributed by atoms with Gasteiger partial charge in [-0.1, -0.05) is 46.3 Å². The van der Waals surface area contributed by atoms with E-state index in [1.807, 2.05) is 6.07 Å². The number of ether oxygens (including phenoxy) is 1. The van der Waals surface area contributed by atoms with E-state index >= 15 is 0 Å². The first-order chi connectivity index (χ1) is 11.4. The molecule has 0 aliphatic heterocycles. The fourth-order valence-corrected chi connectivity index (χ4v) is 3.16. The summed E-state index contributed by atoms with van der Waals surface area (Å²) in [6.45, 7) is -0.0746. The molecule has 0 aliphatic rings. The number of benzene rings is 2. The lowest BCUT2D eigenvalue weighted by Crippen LogP contribution is -2.38. The van der Waals surface area contributed by atoms with Crippen LogP contribution in [0.4, 0.5) is 10.5 Å². The highest BCUT2D eigenvalue weighted by atomic mass is 79.9. The van der Waals surface area contributed by atoms with E-state index in [0.29, 0.717) is 4.31 Å². The van der Waals surface area contributed by atoms with Crippen molar-refractivity contribution in [3.05, 3.63) is 64.6 Å². The summed E-state index contributed by atoms with van der Waals surface area (Å²) in [6, 6.07) is 16.5. The van der Waals surface area contributed by atoms with Crippen LogP contribution in [0.5, 0.6) is 0 Å². The quantitative estimate of drug-likeness (QED) is 0.755. The van der Waals surface area contributed by atoms with Gasteiger partial charge in [-0.05, 0) is 29.8 Å². The summed E-state index contributed by atoms with van der Waals surface area (Å²) in [4.78, 5) is 12.3. The van der Waals surface area contributed by atoms with Crippen LogP contribution in [0.3, 0.4) is 0 Å². The van der Waals surface area contributed by atoms with Gasteiger partial charge in [-0.25, -0.2) is 13.2 Å². The second-order valence-corrected chi connectivity index (χ2v) is 7.43. The number of carbonyl (C=O) groups excluding carboxylic acids is 1. The van der Waals surface area contributed by atoms with E-state index in [1.54, 1.807) is 42.5 Å². The topological polar surface area (TPSA) is 87.5 Å². The molecule has 0 bridgehead atoms. The number of carbonyl (C=O) groups is 1. The van der Waals surface area contributed by atoms with Crippen LogP contribution in [0.2, 0.25) is 0 Å². The summed E-state index contributed by atoms with van der Waals surface area (Å²) in [5.41, 5.74) is 0.825. The Morgan fingerprint density at radius 1 is 1.12 bits per heavy atom. The second-order valence-electron chi connectivity index (χ2n) is 4.70. The van der Waals surface area contributed by atoms with E-state index in [2.05, 4.69) is 15.9 Å². The normalized spacial score (nSPS) is 10.7. The van der Waals surface area contributed by atoms with Crippen LogP contribution in [0.25, 0.3) is 0 Å². The van der Waals surface area contributed by atoms with Crippen LogP contribution in [-0.2, 0) is 21.4 Å². The molecule has 8 heteroatoms. The molecule has 0 unspecified atom stereocenters. The minimum atomic E-state index is -4.16. The van der Waals surface area contributed by atoms with Crippen LogP contribution in [0, 0.1) is 11.3 Å². The summed E-state index contributed by atoms with van der Waals surface area (Å²) in [5, 5.41) is 8.72. The van der Waals surface area contributed by atoms with Crippen molar-refractivity contribution in [2.24, 2.45) is 0 Å². The Balaban J connectivity index is 2.27. The van der Waals surface area contributed by atoms with Crippen LogP contribution >= 0.6 is 15.9 Å². The Kier molecular flexibility index (Phi) is 5.95. The third-order valence-electron chi connectivity index (χ3n) is 2.96. The average Bonchev–Trinajstić information content (AvgIpc) is 2.56. The van der Waals surface area contributed by atoms with Crippen LogP contribution in [0.1, 0.15) is 5.56 Å². The summed E-state index contributed by atoms with van der Waals surface area (Å²) in [5.74, 6) is -0.830. The Morgan fingerprint density at radius 2 is 1.75 bits per heavy atom. The molecule has 2 aromatic rings. The van der Waals surface area contributed by atoms with Gasteiger partial charge in [0.05, 0.1) is 11.8 Å². The number of hydrogen-bond donors (Lipinski definition) is 0. The summed E-state index contributed by atoms with van der Waals surface area (Å²) in [6.07, 6.45) is -1.06. The largest absolute Gasteiger partial charge is 0.444 e. The number of amides is 1. The monoisotopic (exact) mass is 408 g/mol. The maximum atomic E-state index is 12.3. The number of nitrogens with zero attached hydrogens (tertiary/aromatic N) is 2. The Hall–Kier alpha value is -2.37. The molecule has 1 amide bonds. The SMILES string of the molecule is N#CCS(=O)(=O)N(C(=O)OCc1ccccc1)c1ccc(Br)cc1. The van der Waals surface area contributed by atoms with Crippen molar-refractivity contribution in [3.63, 3.8) is 0 Å². The number of rotatable bonds is 5. The molecule has 0 spiro atoms. The predicted octanol–water partition coefficient (Wildman–Crippen LogP) is 3.45. The molecule has 2 rings (SSSR count). The van der Waals surface area contributed by atoms with Crippen molar-refractivity contribution in [2.45, 2.75) is 6.61 Å². The fourth-order valence-electron chi connectivity index (χ4n) is 1.88. The molecule has 0 atom stereocenters. The van der Waals surface area contributed by atoms with Crippen LogP contribution < -0.4 is 4.31 Å². The van der Waals surface area contributed by atoms with Gasteiger partial charge in [0, 0.05) is 4.47 Å². The smallest absolute Gasteiger partial charge is 0.428 e. The molecule has 0 heterocycles. The highest BCUT2D eigenvalue weighted by molar-refractivity contribution is 9.10. The van der Waals surface area contributed by atoms with Crippen molar-refractivity contribution in [2.75, 3.05) is 10.1 Å². The zero-order valence-electron chi connectivity index (χ0n) is 12.4. The number of halogens is 1. The van der Waals surface area contributed by atoms with E-state index in [0.717, 1.165) is 10.0 Å². The fraction of sp³-hybridized carbons (Fsp3) is 0.125. The van der Waals surface area contributed by atoms with Crippen molar-refractivity contribution in [1.29, 1.82) is 5.26 Å². The zero-order chi connectivity index (χ0) is 17.6. The lowest BCUT2D eigenvalue weighted by Gasteiger charge is -2.20. The van der Waals surface area contributed by atoms with Crippen molar-refractivity contribution >= 4 is 37.7 Å². The molecule has 0 radical (unpaired) electrons. The highest BCUT2D eigenvalue weighted by Crippen LogP contribution is 2.22. The van der Waals surface area contributed by atoms with E-state index in [1.165, 1.54) is 12.1 Å². The van der Waals surface area contributed by atoms with E-state index < -0.39 is 21.9 Å². The van der Waals surface area contributed by atoms with E-state index in [-0.39, 0.29) is 12.3 Å². The van der Waals surface area contributed by atoms with Gasteiger partial charge in [-0.2, -0.15) is 9.57 Å². The van der Waals surface area contributed by atoms with Gasteiger partial charge in [-0.15, -0.1) is 0 Å². The molecular formula is C16H13BrN2O4S. The van der Waals surface area contributed by atoms with Gasteiger partial charge in [0.15, 0.2) is 5.75 Å². The molecule has 24 heavy (non-hydrogen) atoms. The second kappa shape index (κ2) is 7.95. The zero-order valence-corrected chi connectivity index (χ0v) is 14.8. The minimum Gasteiger partial charge on any atom is -0.444 e. The summed E-state index contributed by atoms with van der Waals surface area (Å²) in [7, 11) is -4.16. The number of anilines is 1. The molecule has 6 nitrogen and oxygen atoms in total. The predicted molar refractivity (Wildman–Crippen MR) is 92.6 cm³/mol. The maximum Gasteiger partial charge on any atom is 0.428 e. The minimum absolute atomic E-state index is 0.0746. The molecule has 0 saturated carbocycles. The summed E-state index contributed by atoms with van der Waals surface area (Å²) < 4.78 is 30.8. The molecule has 0 aromatic heterocycles.